The van der Waals surface area contributed by atoms with Crippen LogP contribution in [0.25, 0.3) is 0 Å². The molecule has 0 bridgehead atoms. The maximum atomic E-state index is 14.0. The molecule has 3 aromatic carbocycles. The average molecular weight is 426 g/mol. The first-order chi connectivity index (χ1) is 15.5. The molecule has 2 aliphatic rings. The summed E-state index contributed by atoms with van der Waals surface area (Å²) in [6, 6.07) is 23.6. The molecule has 0 radical (unpaired) electrons. The molecule has 1 unspecified atom stereocenters. The van der Waals surface area contributed by atoms with Crippen LogP contribution in [-0.2, 0) is 23.3 Å². The van der Waals surface area contributed by atoms with Gasteiger partial charge in [0.25, 0.3) is 5.91 Å². The number of carbonyl (C=O) groups excluding carboxylic acids is 2. The first-order valence-corrected chi connectivity index (χ1v) is 11.1. The fourth-order valence-electron chi connectivity index (χ4n) is 4.80. The van der Waals surface area contributed by atoms with Crippen molar-refractivity contribution in [3.05, 3.63) is 106 Å². The molecule has 0 spiro atoms. The molecule has 2 aliphatic heterocycles. The first-order valence-electron chi connectivity index (χ1n) is 11.1. The zero-order valence-electron chi connectivity index (χ0n) is 18.5. The van der Waals surface area contributed by atoms with E-state index < -0.39 is 5.54 Å². The third kappa shape index (κ3) is 3.30. The third-order valence-corrected chi connectivity index (χ3v) is 6.80. The molecule has 0 aliphatic carbocycles. The zero-order valence-corrected chi connectivity index (χ0v) is 18.5. The maximum absolute atomic E-state index is 14.0. The van der Waals surface area contributed by atoms with Gasteiger partial charge in [0, 0.05) is 13.1 Å². The van der Waals surface area contributed by atoms with E-state index >= 15 is 0 Å². The van der Waals surface area contributed by atoms with Gasteiger partial charge in [-0.05, 0) is 53.6 Å². The Balaban J connectivity index is 1.50. The maximum Gasteiger partial charge on any atom is 0.326 e. The number of imide groups is 1. The van der Waals surface area contributed by atoms with Crippen molar-refractivity contribution in [2.24, 2.45) is 0 Å². The van der Waals surface area contributed by atoms with E-state index in [-0.39, 0.29) is 18.6 Å². The summed E-state index contributed by atoms with van der Waals surface area (Å²) in [5, 5.41) is 3.07. The molecule has 1 atom stereocenters. The van der Waals surface area contributed by atoms with E-state index in [1.807, 2.05) is 68.4 Å². The van der Waals surface area contributed by atoms with Gasteiger partial charge in [0.2, 0.25) is 0 Å². The summed E-state index contributed by atoms with van der Waals surface area (Å²) in [6.07, 6.45) is 0.917. The van der Waals surface area contributed by atoms with Gasteiger partial charge in [0.1, 0.15) is 0 Å². The Morgan fingerprint density at radius 2 is 1.56 bits per heavy atom. The molecule has 5 rings (SSSR count). The normalized spacial score (nSPS) is 20.9. The summed E-state index contributed by atoms with van der Waals surface area (Å²) in [6.45, 7) is 5.90. The van der Waals surface area contributed by atoms with Crippen molar-refractivity contribution in [2.45, 2.75) is 32.4 Å². The number of carbonyl (C=O) groups is 2. The minimum absolute atomic E-state index is 0.226. The van der Waals surface area contributed by atoms with Crippen LogP contribution in [0.4, 0.5) is 4.79 Å². The minimum Gasteiger partial charge on any atom is -0.315 e. The zero-order chi connectivity index (χ0) is 22.3. The molecule has 5 heteroatoms. The largest absolute Gasteiger partial charge is 0.326 e. The topological polar surface area (TPSA) is 52.7 Å². The predicted molar refractivity (Wildman–Crippen MR) is 124 cm³/mol. The Bertz CT molecular complexity index is 1190. The number of urea groups is 1. The Kier molecular flexibility index (Phi) is 5.06. The number of fused-ring (bicyclic) bond motifs is 1. The Labute approximate surface area is 188 Å². The summed E-state index contributed by atoms with van der Waals surface area (Å²) < 4.78 is 0. The quantitative estimate of drug-likeness (QED) is 0.640. The summed E-state index contributed by atoms with van der Waals surface area (Å²) >= 11 is 0. The smallest absolute Gasteiger partial charge is 0.315 e. The summed E-state index contributed by atoms with van der Waals surface area (Å²) in [5.41, 5.74) is 5.18. The van der Waals surface area contributed by atoms with Crippen molar-refractivity contribution in [3.8, 4) is 0 Å². The molecule has 162 valence electrons. The SMILES string of the molecule is Cc1ccc(C2(c3ccccc3)NC(=O)N(CN3CCc4ccccc4C3)C2=O)cc1C. The number of aryl methyl sites for hydroxylation is 2. The standard InChI is InChI=1S/C27H27N3O2/c1-19-12-13-24(16-20(19)2)27(23-10-4-3-5-11-23)25(31)30(26(32)28-27)18-29-15-14-21-8-6-7-9-22(21)17-29/h3-13,16H,14-15,17-18H2,1-2H3,(H,28,32). The van der Waals surface area contributed by atoms with Crippen LogP contribution in [0.5, 0.6) is 0 Å². The van der Waals surface area contributed by atoms with Gasteiger partial charge in [-0.15, -0.1) is 0 Å². The first kappa shape index (κ1) is 20.5. The van der Waals surface area contributed by atoms with Gasteiger partial charge in [0.15, 0.2) is 5.54 Å². The van der Waals surface area contributed by atoms with Crippen molar-refractivity contribution in [1.29, 1.82) is 0 Å². The Hall–Kier alpha value is -3.44. The fourth-order valence-corrected chi connectivity index (χ4v) is 4.80. The van der Waals surface area contributed by atoms with Crippen molar-refractivity contribution >= 4 is 11.9 Å². The summed E-state index contributed by atoms with van der Waals surface area (Å²) in [4.78, 5) is 30.7. The van der Waals surface area contributed by atoms with Crippen LogP contribution in [0.2, 0.25) is 0 Å². The van der Waals surface area contributed by atoms with E-state index in [0.29, 0.717) is 0 Å². The van der Waals surface area contributed by atoms with Crippen LogP contribution in [0, 0.1) is 13.8 Å². The number of hydrogen-bond donors (Lipinski definition) is 1. The molecule has 2 heterocycles. The number of nitrogens with zero attached hydrogens (tertiary/aromatic N) is 2. The lowest BCUT2D eigenvalue weighted by molar-refractivity contribution is -0.131. The van der Waals surface area contributed by atoms with Crippen LogP contribution in [0.15, 0.2) is 72.8 Å². The lowest BCUT2D eigenvalue weighted by Gasteiger charge is -2.32. The monoisotopic (exact) mass is 425 g/mol. The van der Waals surface area contributed by atoms with Crippen LogP contribution in [-0.4, -0.2) is 35.0 Å². The van der Waals surface area contributed by atoms with E-state index in [1.165, 1.54) is 16.0 Å². The Morgan fingerprint density at radius 1 is 0.844 bits per heavy atom. The molecule has 32 heavy (non-hydrogen) atoms. The molecule has 1 fully saturated rings. The molecule has 3 aromatic rings. The second kappa shape index (κ2) is 7.92. The molecule has 0 aromatic heterocycles. The number of rotatable bonds is 4. The number of benzene rings is 3. The fraction of sp³-hybridized carbons (Fsp3) is 0.259. The molecule has 3 amide bonds. The van der Waals surface area contributed by atoms with Crippen LogP contribution in [0.1, 0.15) is 33.4 Å². The highest BCUT2D eigenvalue weighted by molar-refractivity contribution is 6.09. The second-order valence-corrected chi connectivity index (χ2v) is 8.79. The number of nitrogens with one attached hydrogen (secondary N) is 1. The average Bonchev–Trinajstić information content (AvgIpc) is 3.07. The lowest BCUT2D eigenvalue weighted by Crippen LogP contribution is -2.47. The highest BCUT2D eigenvalue weighted by Gasteiger charge is 2.54. The van der Waals surface area contributed by atoms with E-state index in [4.69, 9.17) is 0 Å². The molecular weight excluding hydrogens is 398 g/mol. The van der Waals surface area contributed by atoms with Gasteiger partial charge in [-0.3, -0.25) is 9.69 Å². The predicted octanol–water partition coefficient (Wildman–Crippen LogP) is 4.11. The van der Waals surface area contributed by atoms with Gasteiger partial charge >= 0.3 is 6.03 Å². The summed E-state index contributed by atoms with van der Waals surface area (Å²) in [5.74, 6) is -0.226. The third-order valence-electron chi connectivity index (χ3n) is 6.80. The number of hydrogen-bond acceptors (Lipinski definition) is 3. The van der Waals surface area contributed by atoms with Crippen molar-refractivity contribution in [3.63, 3.8) is 0 Å². The Morgan fingerprint density at radius 3 is 2.31 bits per heavy atom. The minimum atomic E-state index is -1.22. The molecular formula is C27H27N3O2. The van der Waals surface area contributed by atoms with Gasteiger partial charge in [-0.2, -0.15) is 0 Å². The van der Waals surface area contributed by atoms with Crippen molar-refractivity contribution in [1.82, 2.24) is 15.1 Å². The van der Waals surface area contributed by atoms with Gasteiger partial charge in [-0.1, -0.05) is 72.8 Å². The molecule has 5 nitrogen and oxygen atoms in total. The number of amides is 3. The van der Waals surface area contributed by atoms with Crippen LogP contribution >= 0.6 is 0 Å². The highest BCUT2D eigenvalue weighted by atomic mass is 16.2. The molecule has 1 N–H and O–H groups in total. The summed E-state index contributed by atoms with van der Waals surface area (Å²) in [7, 11) is 0. The van der Waals surface area contributed by atoms with Gasteiger partial charge in [0.05, 0.1) is 6.67 Å². The van der Waals surface area contributed by atoms with Gasteiger partial charge < -0.3 is 5.32 Å². The lowest BCUT2D eigenvalue weighted by atomic mass is 9.81. The van der Waals surface area contributed by atoms with E-state index in [1.54, 1.807) is 0 Å². The highest BCUT2D eigenvalue weighted by Crippen LogP contribution is 2.37. The molecule has 0 saturated carbocycles. The second-order valence-electron chi connectivity index (χ2n) is 8.79. The van der Waals surface area contributed by atoms with E-state index in [0.717, 1.165) is 41.8 Å². The van der Waals surface area contributed by atoms with Gasteiger partial charge in [-0.25, -0.2) is 9.69 Å². The van der Waals surface area contributed by atoms with Crippen LogP contribution < -0.4 is 5.32 Å². The van der Waals surface area contributed by atoms with E-state index in [9.17, 15) is 9.59 Å². The van der Waals surface area contributed by atoms with E-state index in [2.05, 4.69) is 28.4 Å². The van der Waals surface area contributed by atoms with Crippen LogP contribution in [0.3, 0.4) is 0 Å². The molecule has 1 saturated heterocycles. The van der Waals surface area contributed by atoms with Crippen molar-refractivity contribution < 1.29 is 9.59 Å². The van der Waals surface area contributed by atoms with Crippen molar-refractivity contribution in [2.75, 3.05) is 13.2 Å².